The highest BCUT2D eigenvalue weighted by Gasteiger charge is 2.55. The molecule has 5 aliphatic rings. The fourth-order valence-electron chi connectivity index (χ4n) is 9.77. The van der Waals surface area contributed by atoms with Crippen molar-refractivity contribution in [1.29, 1.82) is 0 Å². The first-order valence-corrected chi connectivity index (χ1v) is 22.0. The largest absolute Gasteiger partial charge is 0.487 e. The van der Waals surface area contributed by atoms with Crippen LogP contribution >= 0.6 is 11.6 Å². The Morgan fingerprint density at radius 2 is 1.91 bits per heavy atom. The molecule has 11 nitrogen and oxygen atoms in total. The molecule has 1 N–H and O–H groups in total. The van der Waals surface area contributed by atoms with Crippen LogP contribution in [0, 0.1) is 17.3 Å². The van der Waals surface area contributed by atoms with Gasteiger partial charge in [0, 0.05) is 76.7 Å². The van der Waals surface area contributed by atoms with E-state index in [0.717, 1.165) is 102 Å². The summed E-state index contributed by atoms with van der Waals surface area (Å²) < 4.78 is 55.0. The van der Waals surface area contributed by atoms with E-state index in [2.05, 4.69) is 38.5 Å². The summed E-state index contributed by atoms with van der Waals surface area (Å²) in [6.45, 7) is 12.2. The van der Waals surface area contributed by atoms with Crippen LogP contribution in [0.5, 0.6) is 5.75 Å². The number of sulfonamides is 1. The molecule has 3 fully saturated rings. The summed E-state index contributed by atoms with van der Waals surface area (Å²) in [6.07, 6.45) is 9.62. The molecule has 13 heteroatoms. The van der Waals surface area contributed by atoms with Gasteiger partial charge in [0.05, 0.1) is 25.5 Å². The molecule has 1 unspecified atom stereocenters. The van der Waals surface area contributed by atoms with Crippen molar-refractivity contribution in [2.75, 3.05) is 84.8 Å². The maximum absolute atomic E-state index is 13.9. The Hall–Kier alpha value is -2.71. The number of fused-ring (bicyclic) bond motifs is 4. The lowest BCUT2D eigenvalue weighted by Crippen LogP contribution is -2.64. The number of nitrogens with zero attached hydrogens (tertiary/aromatic N) is 3. The summed E-state index contributed by atoms with van der Waals surface area (Å²) in [6, 6.07) is 11.6. The minimum Gasteiger partial charge on any atom is -0.487 e. The minimum atomic E-state index is -4.12. The Bertz CT molecular complexity index is 1830. The van der Waals surface area contributed by atoms with Gasteiger partial charge in [-0.25, -0.2) is 13.1 Å². The van der Waals surface area contributed by atoms with E-state index in [4.69, 9.17) is 30.5 Å². The summed E-state index contributed by atoms with van der Waals surface area (Å²) >= 11 is 6.43. The number of carbonyl (C=O) groups is 1. The molecule has 2 saturated heterocycles. The normalized spacial score (nSPS) is 32.7. The second-order valence-corrected chi connectivity index (χ2v) is 19.1. The van der Waals surface area contributed by atoms with Gasteiger partial charge in [0.25, 0.3) is 5.91 Å². The fourth-order valence-corrected chi connectivity index (χ4v) is 11.5. The van der Waals surface area contributed by atoms with E-state index in [1.807, 2.05) is 44.4 Å². The van der Waals surface area contributed by atoms with Gasteiger partial charge >= 0.3 is 0 Å². The third-order valence-corrected chi connectivity index (χ3v) is 15.2. The first-order valence-electron chi connectivity index (χ1n) is 20.0. The zero-order chi connectivity index (χ0) is 38.8. The Morgan fingerprint density at radius 3 is 2.69 bits per heavy atom. The SMILES string of the molecule is COC[C@@H]1[C@@H](C)C/C=C/[C@@](CN2CCN3CCOC[C@@H]3C2)(OC)[C@@H]2CCC2(C)CN2CCCCc3cc(Cl)ccc3COc3ccc(cc32)C(=O)NS1(=O)=O. The second-order valence-electron chi connectivity index (χ2n) is 16.8. The lowest BCUT2D eigenvalue weighted by atomic mass is 9.54. The van der Waals surface area contributed by atoms with E-state index in [-0.39, 0.29) is 29.4 Å². The molecule has 7 rings (SSSR count). The van der Waals surface area contributed by atoms with E-state index in [1.165, 1.54) is 12.7 Å². The van der Waals surface area contributed by atoms with Gasteiger partial charge in [0.15, 0.2) is 0 Å². The highest BCUT2D eigenvalue weighted by molar-refractivity contribution is 7.90. The second kappa shape index (κ2) is 17.0. The van der Waals surface area contributed by atoms with Gasteiger partial charge in [0.2, 0.25) is 10.0 Å². The Kier molecular flexibility index (Phi) is 12.5. The molecule has 0 spiro atoms. The van der Waals surface area contributed by atoms with Crippen LogP contribution in [-0.2, 0) is 37.3 Å². The van der Waals surface area contributed by atoms with Gasteiger partial charge in [0.1, 0.15) is 23.2 Å². The van der Waals surface area contributed by atoms with E-state index < -0.39 is 26.8 Å². The number of allylic oxidation sites excluding steroid dienone is 1. The third kappa shape index (κ3) is 8.76. The predicted octanol–water partition coefficient (Wildman–Crippen LogP) is 5.55. The Labute approximate surface area is 332 Å². The molecule has 0 aromatic heterocycles. The van der Waals surface area contributed by atoms with Gasteiger partial charge in [-0.2, -0.15) is 0 Å². The van der Waals surface area contributed by atoms with Crippen LogP contribution in [0.3, 0.4) is 0 Å². The molecule has 4 heterocycles. The summed E-state index contributed by atoms with van der Waals surface area (Å²) in [5.41, 5.74) is 2.57. The number of hydrogen-bond donors (Lipinski definition) is 1. The minimum absolute atomic E-state index is 0.0417. The number of methoxy groups -OCH3 is 2. The van der Waals surface area contributed by atoms with Crippen LogP contribution in [-0.4, -0.2) is 121 Å². The van der Waals surface area contributed by atoms with Crippen molar-refractivity contribution < 1.29 is 32.2 Å². The molecule has 1 saturated carbocycles. The van der Waals surface area contributed by atoms with Crippen LogP contribution in [0.2, 0.25) is 5.02 Å². The average Bonchev–Trinajstić information content (AvgIpc) is 3.19. The lowest BCUT2D eigenvalue weighted by molar-refractivity contribution is -0.135. The number of rotatable bonds is 5. The molecule has 1 aliphatic carbocycles. The number of carbonyl (C=O) groups excluding carboxylic acids is 1. The molecule has 4 aliphatic heterocycles. The highest BCUT2D eigenvalue weighted by atomic mass is 35.5. The van der Waals surface area contributed by atoms with Crippen LogP contribution < -0.4 is 14.4 Å². The number of anilines is 1. The van der Waals surface area contributed by atoms with Crippen LogP contribution in [0.25, 0.3) is 0 Å². The van der Waals surface area contributed by atoms with Crippen LogP contribution in [0.1, 0.15) is 67.4 Å². The lowest BCUT2D eigenvalue weighted by Gasteiger charge is -2.58. The molecule has 2 bridgehead atoms. The van der Waals surface area contributed by atoms with Crippen molar-refractivity contribution in [1.82, 2.24) is 14.5 Å². The smallest absolute Gasteiger partial charge is 0.264 e. The standard InChI is InChI=1S/C42H59ClN4O7S/c1-30-8-7-15-42(52-4,29-45-18-19-46-20-21-53-26-35(46)24-45)39-14-16-41(39,2)28-47-17-6-5-9-31-22-34(43)12-10-33(31)25-54-37-13-11-32(23-36(37)47)40(48)44-55(49,50)38(30)27-51-3/h7,10-13,15,22-23,30,35,38-39H,5-6,8-9,14,16-21,24-29H2,1-4H3,(H,44,48)/b15-7+/t30-,35-,38+,39+,41?,42-/m0/s1. The molecule has 55 heavy (non-hydrogen) atoms. The number of hydrogen-bond acceptors (Lipinski definition) is 10. The summed E-state index contributed by atoms with van der Waals surface area (Å²) in [7, 11) is -0.785. The fraction of sp³-hybridized carbons (Fsp3) is 0.643. The molecule has 2 aromatic carbocycles. The third-order valence-electron chi connectivity index (χ3n) is 13.1. The number of aryl methyl sites for hydroxylation is 1. The first-order chi connectivity index (χ1) is 26.4. The highest BCUT2D eigenvalue weighted by Crippen LogP contribution is 2.55. The van der Waals surface area contributed by atoms with Crippen molar-refractivity contribution >= 4 is 33.2 Å². The van der Waals surface area contributed by atoms with E-state index in [0.29, 0.717) is 29.8 Å². The van der Waals surface area contributed by atoms with Gasteiger partial charge < -0.3 is 23.8 Å². The van der Waals surface area contributed by atoms with Crippen LogP contribution in [0.15, 0.2) is 48.6 Å². The first kappa shape index (κ1) is 40.5. The summed E-state index contributed by atoms with van der Waals surface area (Å²) in [5.74, 6) is -0.167. The Balaban J connectivity index is 1.29. The zero-order valence-electron chi connectivity index (χ0n) is 32.9. The zero-order valence-corrected chi connectivity index (χ0v) is 34.5. The topological polar surface area (TPSA) is 110 Å². The van der Waals surface area contributed by atoms with Crippen molar-refractivity contribution in [3.8, 4) is 5.75 Å². The molecule has 1 amide bonds. The van der Waals surface area contributed by atoms with Gasteiger partial charge in [-0.05, 0) is 97.2 Å². The van der Waals surface area contributed by atoms with Gasteiger partial charge in [-0.1, -0.05) is 43.7 Å². The quantitative estimate of drug-likeness (QED) is 0.387. The number of halogens is 1. The van der Waals surface area contributed by atoms with Crippen LogP contribution in [0.4, 0.5) is 5.69 Å². The molecule has 6 atom stereocenters. The van der Waals surface area contributed by atoms with E-state index in [1.54, 1.807) is 6.07 Å². The molecule has 2 aromatic rings. The van der Waals surface area contributed by atoms with Crippen molar-refractivity contribution in [2.45, 2.75) is 75.9 Å². The summed E-state index contributed by atoms with van der Waals surface area (Å²) in [4.78, 5) is 21.3. The maximum atomic E-state index is 13.9. The monoisotopic (exact) mass is 798 g/mol. The number of nitrogens with one attached hydrogen (secondary N) is 1. The van der Waals surface area contributed by atoms with Crippen molar-refractivity contribution in [3.05, 3.63) is 70.3 Å². The maximum Gasteiger partial charge on any atom is 0.264 e. The average molecular weight is 799 g/mol. The van der Waals surface area contributed by atoms with Crippen molar-refractivity contribution in [2.24, 2.45) is 17.3 Å². The van der Waals surface area contributed by atoms with Gasteiger partial charge in [-0.15, -0.1) is 0 Å². The number of ether oxygens (including phenoxy) is 4. The number of piperazine rings is 1. The van der Waals surface area contributed by atoms with E-state index in [9.17, 15) is 13.2 Å². The molecule has 302 valence electrons. The number of benzene rings is 2. The summed E-state index contributed by atoms with van der Waals surface area (Å²) in [5, 5.41) is -0.237. The Morgan fingerprint density at radius 1 is 1.05 bits per heavy atom. The molecular weight excluding hydrogens is 740 g/mol. The molecular formula is C42H59ClN4O7S. The van der Waals surface area contributed by atoms with Gasteiger partial charge in [-0.3, -0.25) is 14.6 Å². The van der Waals surface area contributed by atoms with Crippen molar-refractivity contribution in [3.63, 3.8) is 0 Å². The predicted molar refractivity (Wildman–Crippen MR) is 216 cm³/mol. The number of amides is 1. The molecule has 0 radical (unpaired) electrons. The van der Waals surface area contributed by atoms with E-state index >= 15 is 0 Å². The number of morpholine rings is 1.